The van der Waals surface area contributed by atoms with Gasteiger partial charge in [-0.05, 0) is 34.7 Å². The van der Waals surface area contributed by atoms with Gasteiger partial charge in [0.15, 0.2) is 0 Å². The molecule has 10 nitrogen and oxygen atoms in total. The minimum atomic E-state index is -0.561. The summed E-state index contributed by atoms with van der Waals surface area (Å²) in [4.78, 5) is 22.7. The lowest BCUT2D eigenvalue weighted by molar-refractivity contribution is -0.383. The molecule has 0 radical (unpaired) electrons. The molecule has 0 spiro atoms. The summed E-state index contributed by atoms with van der Waals surface area (Å²) < 4.78 is 6.69. The molecule has 0 fully saturated rings. The molecular weight excluding hydrogens is 408 g/mol. The van der Waals surface area contributed by atoms with E-state index in [9.17, 15) is 14.9 Å². The molecule has 12 heteroatoms. The van der Waals surface area contributed by atoms with Gasteiger partial charge in [0, 0.05) is 11.1 Å². The van der Waals surface area contributed by atoms with Crippen LogP contribution in [0.2, 0.25) is 5.02 Å². The molecule has 0 unspecified atom stereocenters. The summed E-state index contributed by atoms with van der Waals surface area (Å²) in [6.45, 7) is 0. The van der Waals surface area contributed by atoms with Crippen LogP contribution in [0.25, 0.3) is 5.69 Å². The van der Waals surface area contributed by atoms with Crippen LogP contribution < -0.4 is 10.1 Å². The highest BCUT2D eigenvalue weighted by Crippen LogP contribution is 2.29. The highest BCUT2D eigenvalue weighted by Gasteiger charge is 2.18. The van der Waals surface area contributed by atoms with Crippen LogP contribution in [0.3, 0.4) is 0 Å². The first kappa shape index (κ1) is 19.6. The number of para-hydroxylation sites is 2. The summed E-state index contributed by atoms with van der Waals surface area (Å²) in [5.74, 6) is 0.00443. The number of anilines is 1. The van der Waals surface area contributed by atoms with Crippen molar-refractivity contribution in [2.45, 2.75) is 5.16 Å². The summed E-state index contributed by atoms with van der Waals surface area (Å²) in [6.07, 6.45) is 0. The molecular formula is C16H13ClN6O4S. The SMILES string of the molecule is COc1ccc(Cl)cc1-n1nnnc1SCC(=O)Nc1ccccc1[N+](=O)[O-]. The Labute approximate surface area is 168 Å². The van der Waals surface area contributed by atoms with E-state index >= 15 is 0 Å². The quantitative estimate of drug-likeness (QED) is 0.351. The predicted octanol–water partition coefficient (Wildman–Crippen LogP) is 2.96. The van der Waals surface area contributed by atoms with Gasteiger partial charge in [-0.15, -0.1) is 5.10 Å². The molecule has 3 rings (SSSR count). The van der Waals surface area contributed by atoms with Gasteiger partial charge in [-0.2, -0.15) is 4.68 Å². The van der Waals surface area contributed by atoms with Gasteiger partial charge in [-0.3, -0.25) is 14.9 Å². The van der Waals surface area contributed by atoms with Crippen LogP contribution >= 0.6 is 23.4 Å². The number of nitrogens with one attached hydrogen (secondary N) is 1. The van der Waals surface area contributed by atoms with E-state index in [1.165, 1.54) is 30.0 Å². The van der Waals surface area contributed by atoms with Gasteiger partial charge in [0.05, 0.1) is 17.8 Å². The fourth-order valence-electron chi connectivity index (χ4n) is 2.30. The maximum atomic E-state index is 12.2. The molecule has 1 amide bonds. The van der Waals surface area contributed by atoms with Crippen molar-refractivity contribution in [1.82, 2.24) is 20.2 Å². The zero-order valence-corrected chi connectivity index (χ0v) is 16.0. The van der Waals surface area contributed by atoms with Gasteiger partial charge in [0.25, 0.3) is 5.69 Å². The number of amides is 1. The number of carbonyl (C=O) groups is 1. The number of tetrazole rings is 1. The monoisotopic (exact) mass is 420 g/mol. The number of nitro groups is 1. The van der Waals surface area contributed by atoms with E-state index in [-0.39, 0.29) is 17.1 Å². The van der Waals surface area contributed by atoms with Gasteiger partial charge in [0.1, 0.15) is 17.1 Å². The molecule has 0 aliphatic carbocycles. The van der Waals surface area contributed by atoms with E-state index in [0.717, 1.165) is 11.8 Å². The first-order valence-corrected chi connectivity index (χ1v) is 9.14. The molecule has 0 saturated heterocycles. The Morgan fingerprint density at radius 3 is 2.89 bits per heavy atom. The lowest BCUT2D eigenvalue weighted by Gasteiger charge is -2.10. The van der Waals surface area contributed by atoms with Crippen LogP contribution in [0.4, 0.5) is 11.4 Å². The molecule has 2 aromatic carbocycles. The van der Waals surface area contributed by atoms with E-state index in [2.05, 4.69) is 20.8 Å². The third-order valence-corrected chi connectivity index (χ3v) is 4.67. The lowest BCUT2D eigenvalue weighted by Crippen LogP contribution is -2.15. The normalized spacial score (nSPS) is 10.5. The highest BCUT2D eigenvalue weighted by molar-refractivity contribution is 7.99. The van der Waals surface area contributed by atoms with Crippen molar-refractivity contribution in [3.63, 3.8) is 0 Å². The standard InChI is InChI=1S/C16H13ClN6O4S/c1-27-14-7-6-10(17)8-13(14)22-16(19-20-21-22)28-9-15(24)18-11-4-2-3-5-12(11)23(25)26/h2-8H,9H2,1H3,(H,18,24). The second kappa shape index (κ2) is 8.67. The number of methoxy groups -OCH3 is 1. The van der Waals surface area contributed by atoms with Gasteiger partial charge in [0.2, 0.25) is 11.1 Å². The van der Waals surface area contributed by atoms with Crippen molar-refractivity contribution in [3.8, 4) is 11.4 Å². The third kappa shape index (κ3) is 4.38. The first-order chi connectivity index (χ1) is 13.5. The molecule has 0 aliphatic heterocycles. The third-order valence-electron chi connectivity index (χ3n) is 3.52. The fraction of sp³-hybridized carbons (Fsp3) is 0.125. The number of rotatable bonds is 7. The topological polar surface area (TPSA) is 125 Å². The molecule has 144 valence electrons. The number of aromatic nitrogens is 4. The molecule has 1 aromatic heterocycles. The highest BCUT2D eigenvalue weighted by atomic mass is 35.5. The maximum absolute atomic E-state index is 12.2. The number of nitrogens with zero attached hydrogens (tertiary/aromatic N) is 5. The fourth-order valence-corrected chi connectivity index (χ4v) is 3.15. The number of thioether (sulfide) groups is 1. The predicted molar refractivity (Wildman–Crippen MR) is 103 cm³/mol. The Morgan fingerprint density at radius 1 is 1.36 bits per heavy atom. The summed E-state index contributed by atoms with van der Waals surface area (Å²) >= 11 is 7.10. The Kier molecular flexibility index (Phi) is 6.06. The van der Waals surface area contributed by atoms with E-state index in [0.29, 0.717) is 21.6 Å². The van der Waals surface area contributed by atoms with E-state index in [1.54, 1.807) is 24.3 Å². The first-order valence-electron chi connectivity index (χ1n) is 7.78. The molecule has 0 bridgehead atoms. The van der Waals surface area contributed by atoms with Crippen molar-refractivity contribution >= 4 is 40.6 Å². The Balaban J connectivity index is 1.74. The van der Waals surface area contributed by atoms with Crippen LogP contribution in [-0.4, -0.2) is 43.9 Å². The van der Waals surface area contributed by atoms with Gasteiger partial charge in [-0.25, -0.2) is 0 Å². The molecule has 1 N–H and O–H groups in total. The average molecular weight is 421 g/mol. The van der Waals surface area contributed by atoms with Gasteiger partial charge >= 0.3 is 0 Å². The minimum Gasteiger partial charge on any atom is -0.494 e. The van der Waals surface area contributed by atoms with Crippen LogP contribution in [0.15, 0.2) is 47.6 Å². The molecule has 28 heavy (non-hydrogen) atoms. The van der Waals surface area contributed by atoms with Crippen molar-refractivity contribution in [2.75, 3.05) is 18.2 Å². The van der Waals surface area contributed by atoms with Crippen molar-refractivity contribution < 1.29 is 14.5 Å². The van der Waals surface area contributed by atoms with Crippen molar-refractivity contribution in [1.29, 1.82) is 0 Å². The number of benzene rings is 2. The minimum absolute atomic E-state index is 0.0602. The summed E-state index contributed by atoms with van der Waals surface area (Å²) in [6, 6.07) is 10.9. The number of hydrogen-bond donors (Lipinski definition) is 1. The van der Waals surface area contributed by atoms with E-state index < -0.39 is 10.8 Å². The molecule has 3 aromatic rings. The zero-order chi connectivity index (χ0) is 20.1. The number of ether oxygens (including phenoxy) is 1. The largest absolute Gasteiger partial charge is 0.494 e. The second-order valence-corrected chi connectivity index (χ2v) is 6.68. The smallest absolute Gasteiger partial charge is 0.292 e. The van der Waals surface area contributed by atoms with Gasteiger partial charge in [-0.1, -0.05) is 35.5 Å². The number of nitro benzene ring substituents is 1. The molecule has 1 heterocycles. The Bertz CT molecular complexity index is 1030. The Morgan fingerprint density at radius 2 is 2.14 bits per heavy atom. The van der Waals surface area contributed by atoms with Gasteiger partial charge < -0.3 is 10.1 Å². The number of halogens is 1. The van der Waals surface area contributed by atoms with Crippen molar-refractivity contribution in [3.05, 3.63) is 57.6 Å². The van der Waals surface area contributed by atoms with Crippen LogP contribution in [0.1, 0.15) is 0 Å². The molecule has 0 aliphatic rings. The summed E-state index contributed by atoms with van der Waals surface area (Å²) in [7, 11) is 1.50. The maximum Gasteiger partial charge on any atom is 0.292 e. The van der Waals surface area contributed by atoms with E-state index in [4.69, 9.17) is 16.3 Å². The van der Waals surface area contributed by atoms with Crippen molar-refractivity contribution in [2.24, 2.45) is 0 Å². The zero-order valence-electron chi connectivity index (χ0n) is 14.4. The van der Waals surface area contributed by atoms with Crippen LogP contribution in [0.5, 0.6) is 5.75 Å². The van der Waals surface area contributed by atoms with Crippen LogP contribution in [0, 0.1) is 10.1 Å². The molecule has 0 saturated carbocycles. The lowest BCUT2D eigenvalue weighted by atomic mass is 10.2. The van der Waals surface area contributed by atoms with E-state index in [1.807, 2.05) is 0 Å². The second-order valence-electron chi connectivity index (χ2n) is 5.30. The van der Waals surface area contributed by atoms with Crippen LogP contribution in [-0.2, 0) is 4.79 Å². The number of hydrogen-bond acceptors (Lipinski definition) is 8. The Hall–Kier alpha value is -3.18. The summed E-state index contributed by atoms with van der Waals surface area (Å²) in [5.41, 5.74) is 0.449. The summed E-state index contributed by atoms with van der Waals surface area (Å²) in [5, 5.41) is 25.8. The number of carbonyl (C=O) groups excluding carboxylic acids is 1. The molecule has 0 atom stereocenters. The average Bonchev–Trinajstić information content (AvgIpc) is 3.15.